The highest BCUT2D eigenvalue weighted by atomic mass is 16.3. The first-order valence-corrected chi connectivity index (χ1v) is 7.97. The lowest BCUT2D eigenvalue weighted by Gasteiger charge is -2.28. The van der Waals surface area contributed by atoms with E-state index < -0.39 is 0 Å². The fourth-order valence-electron chi connectivity index (χ4n) is 3.28. The molecule has 0 saturated carbocycles. The van der Waals surface area contributed by atoms with Crippen LogP contribution in [0.4, 0.5) is 5.69 Å². The summed E-state index contributed by atoms with van der Waals surface area (Å²) < 4.78 is 0. The molecule has 0 radical (unpaired) electrons. The number of anilines is 1. The van der Waals surface area contributed by atoms with Crippen molar-refractivity contribution < 1.29 is 5.11 Å². The monoisotopic (exact) mass is 276 g/mol. The van der Waals surface area contributed by atoms with Crippen LogP contribution in [-0.4, -0.2) is 42.2 Å². The van der Waals surface area contributed by atoms with E-state index in [4.69, 9.17) is 0 Å². The van der Waals surface area contributed by atoms with Crippen molar-refractivity contribution in [2.45, 2.75) is 45.8 Å². The minimum absolute atomic E-state index is 0.348. The third-order valence-corrected chi connectivity index (χ3v) is 4.52. The molecular weight excluding hydrogens is 248 g/mol. The predicted octanol–water partition coefficient (Wildman–Crippen LogP) is 3.05. The minimum Gasteiger partial charge on any atom is -0.388 e. The molecule has 3 nitrogen and oxygen atoms in total. The van der Waals surface area contributed by atoms with Crippen LogP contribution in [-0.2, 0) is 0 Å². The predicted molar refractivity (Wildman–Crippen MR) is 85.2 cm³/mol. The molecule has 1 N–H and O–H groups in total. The van der Waals surface area contributed by atoms with E-state index in [-0.39, 0.29) is 6.10 Å². The highest BCUT2D eigenvalue weighted by molar-refractivity contribution is 5.55. The summed E-state index contributed by atoms with van der Waals surface area (Å²) in [6, 6.07) is 8.96. The smallest absolute Gasteiger partial charge is 0.0807 e. The van der Waals surface area contributed by atoms with Crippen LogP contribution >= 0.6 is 0 Å². The molecular formula is C17H28N2O. The number of aliphatic hydroxyl groups excluding tert-OH is 1. The summed E-state index contributed by atoms with van der Waals surface area (Å²) in [6.07, 6.45) is 1.64. The van der Waals surface area contributed by atoms with Crippen LogP contribution in [0.25, 0.3) is 0 Å². The summed E-state index contributed by atoms with van der Waals surface area (Å²) in [5, 5.41) is 10.2. The van der Waals surface area contributed by atoms with E-state index in [1.807, 2.05) is 13.0 Å². The van der Waals surface area contributed by atoms with E-state index in [9.17, 15) is 5.11 Å². The zero-order chi connectivity index (χ0) is 14.5. The Hall–Kier alpha value is -1.06. The Morgan fingerprint density at radius 3 is 2.60 bits per heavy atom. The van der Waals surface area contributed by atoms with Gasteiger partial charge in [-0.05, 0) is 32.0 Å². The average Bonchev–Trinajstić information content (AvgIpc) is 2.97. The highest BCUT2D eigenvalue weighted by Gasteiger charge is 2.28. The molecule has 1 aromatic rings. The van der Waals surface area contributed by atoms with Gasteiger partial charge in [0.15, 0.2) is 0 Å². The van der Waals surface area contributed by atoms with Crippen LogP contribution in [0.15, 0.2) is 24.3 Å². The van der Waals surface area contributed by atoms with E-state index in [2.05, 4.69) is 41.8 Å². The van der Waals surface area contributed by atoms with Gasteiger partial charge in [0.05, 0.1) is 6.10 Å². The highest BCUT2D eigenvalue weighted by Crippen LogP contribution is 2.31. The molecule has 1 aliphatic rings. The first-order chi connectivity index (χ1) is 9.71. The Morgan fingerprint density at radius 2 is 1.95 bits per heavy atom. The molecule has 1 saturated heterocycles. The van der Waals surface area contributed by atoms with E-state index in [0.717, 1.165) is 38.2 Å². The second-order valence-corrected chi connectivity index (χ2v) is 5.59. The van der Waals surface area contributed by atoms with Gasteiger partial charge in [-0.25, -0.2) is 0 Å². The number of benzene rings is 1. The van der Waals surface area contributed by atoms with Crippen LogP contribution < -0.4 is 4.90 Å². The van der Waals surface area contributed by atoms with Crippen molar-refractivity contribution in [1.82, 2.24) is 4.90 Å². The lowest BCUT2D eigenvalue weighted by Crippen LogP contribution is -2.37. The lowest BCUT2D eigenvalue weighted by atomic mass is 10.0. The first-order valence-electron chi connectivity index (χ1n) is 7.97. The van der Waals surface area contributed by atoms with Crippen molar-refractivity contribution in [3.63, 3.8) is 0 Å². The largest absolute Gasteiger partial charge is 0.388 e. The molecule has 0 amide bonds. The fourth-order valence-corrected chi connectivity index (χ4v) is 3.28. The summed E-state index contributed by atoms with van der Waals surface area (Å²) in [5.41, 5.74) is 2.30. The molecule has 2 rings (SSSR count). The van der Waals surface area contributed by atoms with Crippen LogP contribution in [0, 0.1) is 0 Å². The third kappa shape index (κ3) is 3.15. The van der Waals surface area contributed by atoms with Crippen LogP contribution in [0.2, 0.25) is 0 Å². The van der Waals surface area contributed by atoms with Gasteiger partial charge in [0.1, 0.15) is 0 Å². The molecule has 1 aromatic carbocycles. The summed E-state index contributed by atoms with van der Waals surface area (Å²) in [5.74, 6) is 0. The number of rotatable bonds is 6. The molecule has 1 fully saturated rings. The molecule has 1 heterocycles. The van der Waals surface area contributed by atoms with Crippen molar-refractivity contribution in [1.29, 1.82) is 0 Å². The standard InChI is InChI=1S/C17H28N2O/c1-4-17(20)15-9-7-8-10-16(15)19-12-11-14(13-19)18(5-2)6-3/h7-10,14,17,20H,4-6,11-13H2,1-3H3/t14?,17-/m1/s1. The Morgan fingerprint density at radius 1 is 1.25 bits per heavy atom. The zero-order valence-electron chi connectivity index (χ0n) is 13.0. The van der Waals surface area contributed by atoms with Crippen molar-refractivity contribution in [2.24, 2.45) is 0 Å². The second kappa shape index (κ2) is 7.09. The molecule has 20 heavy (non-hydrogen) atoms. The number of nitrogens with zero attached hydrogens (tertiary/aromatic N) is 2. The van der Waals surface area contributed by atoms with Crippen LogP contribution in [0.1, 0.15) is 45.3 Å². The second-order valence-electron chi connectivity index (χ2n) is 5.59. The van der Waals surface area contributed by atoms with E-state index in [1.54, 1.807) is 0 Å². The maximum Gasteiger partial charge on any atom is 0.0807 e. The van der Waals surface area contributed by atoms with E-state index >= 15 is 0 Å². The first kappa shape index (κ1) is 15.3. The van der Waals surface area contributed by atoms with Gasteiger partial charge in [0, 0.05) is 30.4 Å². The van der Waals surface area contributed by atoms with Crippen molar-refractivity contribution in [3.05, 3.63) is 29.8 Å². The van der Waals surface area contributed by atoms with E-state index in [0.29, 0.717) is 6.04 Å². The van der Waals surface area contributed by atoms with Gasteiger partial charge in [-0.15, -0.1) is 0 Å². The quantitative estimate of drug-likeness (QED) is 0.865. The summed E-state index contributed by atoms with van der Waals surface area (Å²) >= 11 is 0. The van der Waals surface area contributed by atoms with Gasteiger partial charge < -0.3 is 10.0 Å². The third-order valence-electron chi connectivity index (χ3n) is 4.52. The molecule has 112 valence electrons. The van der Waals surface area contributed by atoms with Gasteiger partial charge in [0.2, 0.25) is 0 Å². The van der Waals surface area contributed by atoms with E-state index in [1.165, 1.54) is 12.1 Å². The van der Waals surface area contributed by atoms with Gasteiger partial charge in [-0.1, -0.05) is 39.0 Å². The minimum atomic E-state index is -0.348. The van der Waals surface area contributed by atoms with Crippen molar-refractivity contribution >= 4 is 5.69 Å². The Balaban J connectivity index is 2.14. The molecule has 2 atom stereocenters. The maximum absolute atomic E-state index is 10.2. The number of likely N-dealkylation sites (N-methyl/N-ethyl adjacent to an activating group) is 1. The van der Waals surface area contributed by atoms with Gasteiger partial charge >= 0.3 is 0 Å². The summed E-state index contributed by atoms with van der Waals surface area (Å²) in [7, 11) is 0. The molecule has 1 aliphatic heterocycles. The number of hydrogen-bond donors (Lipinski definition) is 1. The van der Waals surface area contributed by atoms with Gasteiger partial charge in [-0.3, -0.25) is 4.90 Å². The fraction of sp³-hybridized carbons (Fsp3) is 0.647. The van der Waals surface area contributed by atoms with Gasteiger partial charge in [0.25, 0.3) is 0 Å². The topological polar surface area (TPSA) is 26.7 Å². The molecule has 1 unspecified atom stereocenters. The molecule has 0 aliphatic carbocycles. The number of para-hydroxylation sites is 1. The zero-order valence-corrected chi connectivity index (χ0v) is 13.0. The normalized spacial score (nSPS) is 20.6. The molecule has 0 bridgehead atoms. The Kier molecular flexibility index (Phi) is 5.44. The average molecular weight is 276 g/mol. The van der Waals surface area contributed by atoms with Crippen molar-refractivity contribution in [3.8, 4) is 0 Å². The van der Waals surface area contributed by atoms with Gasteiger partial charge in [-0.2, -0.15) is 0 Å². The van der Waals surface area contributed by atoms with Crippen LogP contribution in [0.5, 0.6) is 0 Å². The number of hydrogen-bond acceptors (Lipinski definition) is 3. The maximum atomic E-state index is 10.2. The summed E-state index contributed by atoms with van der Waals surface area (Å²) in [4.78, 5) is 4.98. The van der Waals surface area contributed by atoms with Crippen molar-refractivity contribution in [2.75, 3.05) is 31.1 Å². The summed E-state index contributed by atoms with van der Waals surface area (Å²) in [6.45, 7) is 10.9. The Labute approximate surface area is 123 Å². The Bertz CT molecular complexity index is 417. The molecule has 0 aromatic heterocycles. The van der Waals surface area contributed by atoms with Crippen LogP contribution in [0.3, 0.4) is 0 Å². The SMILES string of the molecule is CC[C@@H](O)c1ccccc1N1CCC(N(CC)CC)C1. The number of aliphatic hydroxyl groups is 1. The molecule has 3 heteroatoms. The lowest BCUT2D eigenvalue weighted by molar-refractivity contribution is 0.174. The molecule has 0 spiro atoms.